The highest BCUT2D eigenvalue weighted by atomic mass is 32.1. The number of rotatable bonds is 8. The molecular formula is C9H19NOS. The van der Waals surface area contributed by atoms with E-state index in [2.05, 4.69) is 6.92 Å². The lowest BCUT2D eigenvalue weighted by molar-refractivity contribution is 0.137. The van der Waals surface area contributed by atoms with E-state index >= 15 is 0 Å². The van der Waals surface area contributed by atoms with Crippen LogP contribution in [-0.2, 0) is 4.74 Å². The molecule has 0 aromatic carbocycles. The van der Waals surface area contributed by atoms with Gasteiger partial charge in [-0.05, 0) is 6.42 Å². The molecule has 3 heteroatoms. The van der Waals surface area contributed by atoms with E-state index in [9.17, 15) is 0 Å². The Morgan fingerprint density at radius 2 is 2.00 bits per heavy atom. The zero-order valence-electron chi connectivity index (χ0n) is 7.84. The first-order valence-electron chi connectivity index (χ1n) is 4.63. The van der Waals surface area contributed by atoms with Crippen LogP contribution in [0.15, 0.2) is 0 Å². The average molecular weight is 189 g/mol. The Morgan fingerprint density at radius 3 is 2.58 bits per heavy atom. The van der Waals surface area contributed by atoms with E-state index in [-0.39, 0.29) is 0 Å². The fourth-order valence-corrected chi connectivity index (χ4v) is 0.989. The van der Waals surface area contributed by atoms with Crippen molar-refractivity contribution in [2.24, 2.45) is 5.73 Å². The molecule has 0 atom stereocenters. The molecule has 0 bridgehead atoms. The Morgan fingerprint density at radius 1 is 1.25 bits per heavy atom. The van der Waals surface area contributed by atoms with Gasteiger partial charge < -0.3 is 10.5 Å². The minimum Gasteiger partial charge on any atom is -0.393 e. The zero-order valence-corrected chi connectivity index (χ0v) is 8.66. The molecule has 0 radical (unpaired) electrons. The van der Waals surface area contributed by atoms with Crippen LogP contribution in [0.1, 0.15) is 39.0 Å². The van der Waals surface area contributed by atoms with Gasteiger partial charge in [0, 0.05) is 13.0 Å². The number of ether oxygens (including phenoxy) is 1. The maximum Gasteiger partial charge on any atom is 0.0750 e. The molecule has 0 fully saturated rings. The van der Waals surface area contributed by atoms with Crippen molar-refractivity contribution in [3.05, 3.63) is 0 Å². The van der Waals surface area contributed by atoms with Crippen molar-refractivity contribution in [1.82, 2.24) is 0 Å². The molecule has 2 N–H and O–H groups in total. The summed E-state index contributed by atoms with van der Waals surface area (Å²) in [5, 5.41) is 0. The number of unbranched alkanes of at least 4 members (excludes halogenated alkanes) is 3. The van der Waals surface area contributed by atoms with E-state index in [4.69, 9.17) is 22.7 Å². The minimum absolute atomic E-state index is 0.545. The van der Waals surface area contributed by atoms with Crippen molar-refractivity contribution < 1.29 is 4.74 Å². The largest absolute Gasteiger partial charge is 0.393 e. The lowest BCUT2D eigenvalue weighted by Gasteiger charge is -2.02. The summed E-state index contributed by atoms with van der Waals surface area (Å²) >= 11 is 4.71. The minimum atomic E-state index is 0.545. The van der Waals surface area contributed by atoms with Crippen molar-refractivity contribution in [3.8, 4) is 0 Å². The maximum atomic E-state index is 5.32. The van der Waals surface area contributed by atoms with Gasteiger partial charge in [-0.3, -0.25) is 0 Å². The fourth-order valence-electron chi connectivity index (χ4n) is 0.906. The molecule has 0 aliphatic heterocycles. The van der Waals surface area contributed by atoms with Crippen LogP contribution in [0.3, 0.4) is 0 Å². The highest BCUT2D eigenvalue weighted by Crippen LogP contribution is 1.98. The molecule has 0 heterocycles. The normalized spacial score (nSPS) is 10.1. The third-order valence-electron chi connectivity index (χ3n) is 1.64. The third kappa shape index (κ3) is 9.85. The van der Waals surface area contributed by atoms with Crippen LogP contribution in [0.5, 0.6) is 0 Å². The number of thiocarbonyl (C=S) groups is 1. The van der Waals surface area contributed by atoms with Crippen molar-refractivity contribution in [2.75, 3.05) is 13.2 Å². The Bertz CT molecular complexity index is 117. The smallest absolute Gasteiger partial charge is 0.0750 e. The maximum absolute atomic E-state index is 5.32. The summed E-state index contributed by atoms with van der Waals surface area (Å²) in [4.78, 5) is 0.545. The lowest BCUT2D eigenvalue weighted by atomic mass is 10.2. The summed E-state index contributed by atoms with van der Waals surface area (Å²) in [6.07, 6.45) is 5.71. The molecule has 0 aliphatic rings. The van der Waals surface area contributed by atoms with E-state index in [0.29, 0.717) is 18.0 Å². The molecular weight excluding hydrogens is 170 g/mol. The van der Waals surface area contributed by atoms with Gasteiger partial charge in [-0.25, -0.2) is 0 Å². The summed E-state index contributed by atoms with van der Waals surface area (Å²) in [7, 11) is 0. The van der Waals surface area contributed by atoms with Crippen LogP contribution in [-0.4, -0.2) is 18.2 Å². The van der Waals surface area contributed by atoms with Gasteiger partial charge in [0.1, 0.15) is 0 Å². The van der Waals surface area contributed by atoms with Crippen LogP contribution >= 0.6 is 12.2 Å². The highest BCUT2D eigenvalue weighted by molar-refractivity contribution is 7.80. The SMILES string of the molecule is CCCCCCOCCC(N)=S. The topological polar surface area (TPSA) is 35.2 Å². The molecule has 0 saturated carbocycles. The Balaban J connectivity index is 2.86. The van der Waals surface area contributed by atoms with E-state index in [1.807, 2.05) is 0 Å². The molecule has 0 aromatic heterocycles. The summed E-state index contributed by atoms with van der Waals surface area (Å²) in [6, 6.07) is 0. The van der Waals surface area contributed by atoms with E-state index < -0.39 is 0 Å². The highest BCUT2D eigenvalue weighted by Gasteiger charge is 1.91. The molecule has 0 spiro atoms. The second kappa shape index (κ2) is 8.94. The Labute approximate surface area is 80.5 Å². The van der Waals surface area contributed by atoms with E-state index in [1.165, 1.54) is 19.3 Å². The van der Waals surface area contributed by atoms with Crippen LogP contribution < -0.4 is 5.73 Å². The summed E-state index contributed by atoms with van der Waals surface area (Å²) < 4.78 is 5.32. The Kier molecular flexibility index (Phi) is 8.83. The van der Waals surface area contributed by atoms with Crippen molar-refractivity contribution in [3.63, 3.8) is 0 Å². The average Bonchev–Trinajstić information content (AvgIpc) is 2.02. The van der Waals surface area contributed by atoms with Gasteiger partial charge in [0.15, 0.2) is 0 Å². The van der Waals surface area contributed by atoms with Gasteiger partial charge in [-0.15, -0.1) is 0 Å². The molecule has 0 unspecified atom stereocenters. The second-order valence-corrected chi connectivity index (χ2v) is 3.41. The summed E-state index contributed by atoms with van der Waals surface area (Å²) in [5.74, 6) is 0. The zero-order chi connectivity index (χ0) is 9.23. The monoisotopic (exact) mass is 189 g/mol. The summed E-state index contributed by atoms with van der Waals surface area (Å²) in [6.45, 7) is 3.73. The molecule has 0 saturated heterocycles. The number of hydrogen-bond acceptors (Lipinski definition) is 2. The second-order valence-electron chi connectivity index (χ2n) is 2.89. The predicted octanol–water partition coefficient (Wildman–Crippen LogP) is 2.26. The number of nitrogens with two attached hydrogens (primary N) is 1. The Hall–Kier alpha value is -0.150. The summed E-state index contributed by atoms with van der Waals surface area (Å²) in [5.41, 5.74) is 5.31. The molecule has 0 rings (SSSR count). The van der Waals surface area contributed by atoms with Crippen LogP contribution in [0.4, 0.5) is 0 Å². The first-order valence-corrected chi connectivity index (χ1v) is 5.04. The van der Waals surface area contributed by atoms with Crippen LogP contribution in [0, 0.1) is 0 Å². The van der Waals surface area contributed by atoms with E-state index in [1.54, 1.807) is 0 Å². The van der Waals surface area contributed by atoms with Gasteiger partial charge in [0.2, 0.25) is 0 Å². The molecule has 2 nitrogen and oxygen atoms in total. The van der Waals surface area contributed by atoms with E-state index in [0.717, 1.165) is 13.0 Å². The van der Waals surface area contributed by atoms with Crippen LogP contribution in [0.2, 0.25) is 0 Å². The molecule has 0 aliphatic carbocycles. The molecule has 72 valence electrons. The third-order valence-corrected chi connectivity index (χ3v) is 1.84. The van der Waals surface area contributed by atoms with Crippen molar-refractivity contribution >= 4 is 17.2 Å². The molecule has 0 aromatic rings. The molecule has 12 heavy (non-hydrogen) atoms. The predicted molar refractivity (Wildman–Crippen MR) is 56.4 cm³/mol. The standard InChI is InChI=1S/C9H19NOS/c1-2-3-4-5-7-11-8-6-9(10)12/h2-8H2,1H3,(H2,10,12). The first kappa shape index (κ1) is 11.8. The lowest BCUT2D eigenvalue weighted by Crippen LogP contribution is -2.11. The quantitative estimate of drug-likeness (QED) is 0.470. The fraction of sp³-hybridized carbons (Fsp3) is 0.889. The van der Waals surface area contributed by atoms with Gasteiger partial charge in [0.05, 0.1) is 11.6 Å². The van der Waals surface area contributed by atoms with Gasteiger partial charge in [-0.2, -0.15) is 0 Å². The molecule has 0 amide bonds. The van der Waals surface area contributed by atoms with Crippen molar-refractivity contribution in [1.29, 1.82) is 0 Å². The number of hydrogen-bond donors (Lipinski definition) is 1. The van der Waals surface area contributed by atoms with Gasteiger partial charge >= 0.3 is 0 Å². The van der Waals surface area contributed by atoms with Crippen LogP contribution in [0.25, 0.3) is 0 Å². The van der Waals surface area contributed by atoms with Gasteiger partial charge in [-0.1, -0.05) is 38.4 Å². The van der Waals surface area contributed by atoms with Gasteiger partial charge in [0.25, 0.3) is 0 Å². The van der Waals surface area contributed by atoms with Crippen molar-refractivity contribution in [2.45, 2.75) is 39.0 Å². The first-order chi connectivity index (χ1) is 5.77.